The third-order valence-electron chi connectivity index (χ3n) is 5.01. The van der Waals surface area contributed by atoms with Crippen molar-refractivity contribution in [1.82, 2.24) is 14.6 Å². The van der Waals surface area contributed by atoms with Crippen LogP contribution in [0.15, 0.2) is 30.5 Å². The molecule has 0 aliphatic carbocycles. The lowest BCUT2D eigenvalue weighted by molar-refractivity contribution is 0.0527. The van der Waals surface area contributed by atoms with E-state index in [1.807, 2.05) is 24.3 Å². The molecule has 3 heterocycles. The van der Waals surface area contributed by atoms with E-state index in [0.717, 1.165) is 37.8 Å². The number of aromatic nitrogens is 3. The fourth-order valence-corrected chi connectivity index (χ4v) is 3.67. The zero-order valence-electron chi connectivity index (χ0n) is 16.4. The van der Waals surface area contributed by atoms with Crippen LogP contribution in [0.1, 0.15) is 40.5 Å². The van der Waals surface area contributed by atoms with Gasteiger partial charge in [0.2, 0.25) is 0 Å². The predicted molar refractivity (Wildman–Crippen MR) is 108 cm³/mol. The van der Waals surface area contributed by atoms with Gasteiger partial charge in [-0.15, -0.1) is 0 Å². The van der Waals surface area contributed by atoms with E-state index in [1.165, 1.54) is 10.7 Å². The van der Waals surface area contributed by atoms with Crippen LogP contribution < -0.4 is 9.64 Å². The Kier molecular flexibility index (Phi) is 5.16. The van der Waals surface area contributed by atoms with Gasteiger partial charge in [-0.3, -0.25) is 4.79 Å². The van der Waals surface area contributed by atoms with Crippen LogP contribution in [0.5, 0.6) is 5.75 Å². The predicted octanol–water partition coefficient (Wildman–Crippen LogP) is 2.99. The number of benzene rings is 1. The molecule has 0 N–H and O–H groups in total. The van der Waals surface area contributed by atoms with Gasteiger partial charge in [-0.05, 0) is 31.9 Å². The van der Waals surface area contributed by atoms with Crippen LogP contribution in [0.3, 0.4) is 0 Å². The van der Waals surface area contributed by atoms with Gasteiger partial charge in [0.1, 0.15) is 17.1 Å². The number of anilines is 1. The summed E-state index contributed by atoms with van der Waals surface area (Å²) in [6.45, 7) is 3.59. The van der Waals surface area contributed by atoms with Crippen molar-refractivity contribution in [2.45, 2.75) is 19.8 Å². The highest BCUT2D eigenvalue weighted by atomic mass is 16.5. The highest BCUT2D eigenvalue weighted by Gasteiger charge is 2.29. The van der Waals surface area contributed by atoms with Crippen molar-refractivity contribution < 1.29 is 19.1 Å². The van der Waals surface area contributed by atoms with Crippen molar-refractivity contribution in [1.29, 1.82) is 0 Å². The first-order valence-electron chi connectivity index (χ1n) is 9.61. The fourth-order valence-electron chi connectivity index (χ4n) is 3.67. The van der Waals surface area contributed by atoms with Crippen molar-refractivity contribution in [3.8, 4) is 17.0 Å². The maximum atomic E-state index is 13.1. The Hall–Kier alpha value is -3.42. The van der Waals surface area contributed by atoms with Crippen molar-refractivity contribution in [3.05, 3.63) is 41.6 Å². The number of carbonyl (C=O) groups excluding carboxylic acids is 2. The molecule has 1 fully saturated rings. The van der Waals surface area contributed by atoms with E-state index in [-0.39, 0.29) is 6.61 Å². The zero-order chi connectivity index (χ0) is 20.4. The largest absolute Gasteiger partial charge is 0.497 e. The number of rotatable bonds is 6. The lowest BCUT2D eigenvalue weighted by atomic mass is 10.0. The highest BCUT2D eigenvalue weighted by molar-refractivity contribution is 6.02. The SMILES string of the molecule is CCOC(=O)c1c(N2CCCC2)nc2c(C=O)cnn2c1-c1cccc(OC)c1. The number of carbonyl (C=O) groups is 2. The Labute approximate surface area is 168 Å². The standard InChI is InChI=1S/C21H22N4O4/c1-3-29-21(27)17-18(14-7-6-8-16(11-14)28-2)25-19(15(13-26)12-22-25)23-20(17)24-9-4-5-10-24/h6-8,11-13H,3-5,9-10H2,1-2H3. The van der Waals surface area contributed by atoms with E-state index < -0.39 is 5.97 Å². The monoisotopic (exact) mass is 394 g/mol. The van der Waals surface area contributed by atoms with Crippen LogP contribution in [-0.2, 0) is 4.74 Å². The number of ether oxygens (including phenoxy) is 2. The number of esters is 1. The van der Waals surface area contributed by atoms with Crippen LogP contribution in [0.4, 0.5) is 5.82 Å². The van der Waals surface area contributed by atoms with E-state index in [0.29, 0.717) is 34.0 Å². The molecule has 1 aromatic carbocycles. The minimum Gasteiger partial charge on any atom is -0.497 e. The molecule has 0 radical (unpaired) electrons. The summed E-state index contributed by atoms with van der Waals surface area (Å²) in [4.78, 5) is 31.4. The van der Waals surface area contributed by atoms with Crippen LogP contribution in [0.25, 0.3) is 16.9 Å². The summed E-state index contributed by atoms with van der Waals surface area (Å²) in [7, 11) is 1.58. The van der Waals surface area contributed by atoms with E-state index in [4.69, 9.17) is 9.47 Å². The van der Waals surface area contributed by atoms with Gasteiger partial charge in [0.25, 0.3) is 0 Å². The molecule has 29 heavy (non-hydrogen) atoms. The molecule has 2 aromatic heterocycles. The molecule has 0 atom stereocenters. The van der Waals surface area contributed by atoms with Crippen LogP contribution in [0.2, 0.25) is 0 Å². The van der Waals surface area contributed by atoms with Crippen molar-refractivity contribution in [3.63, 3.8) is 0 Å². The van der Waals surface area contributed by atoms with Crippen molar-refractivity contribution in [2.24, 2.45) is 0 Å². The van der Waals surface area contributed by atoms with E-state index >= 15 is 0 Å². The molecular weight excluding hydrogens is 372 g/mol. The van der Waals surface area contributed by atoms with Gasteiger partial charge in [-0.25, -0.2) is 14.3 Å². The average molecular weight is 394 g/mol. The quantitative estimate of drug-likeness (QED) is 0.469. The van der Waals surface area contributed by atoms with Crippen LogP contribution in [-0.4, -0.2) is 53.7 Å². The summed E-state index contributed by atoms with van der Waals surface area (Å²) in [5.41, 5.74) is 2.37. The van der Waals surface area contributed by atoms with E-state index in [9.17, 15) is 9.59 Å². The number of methoxy groups -OCH3 is 1. The first-order valence-corrected chi connectivity index (χ1v) is 9.61. The molecule has 8 nitrogen and oxygen atoms in total. The number of fused-ring (bicyclic) bond motifs is 1. The number of hydrogen-bond donors (Lipinski definition) is 0. The molecular formula is C21H22N4O4. The van der Waals surface area contributed by atoms with Gasteiger partial charge < -0.3 is 14.4 Å². The smallest absolute Gasteiger partial charge is 0.344 e. The normalized spacial score (nSPS) is 13.7. The zero-order valence-corrected chi connectivity index (χ0v) is 16.4. The molecule has 0 spiro atoms. The van der Waals surface area contributed by atoms with Gasteiger partial charge in [-0.2, -0.15) is 5.10 Å². The molecule has 0 saturated carbocycles. The third-order valence-corrected chi connectivity index (χ3v) is 5.01. The second-order valence-electron chi connectivity index (χ2n) is 6.76. The Morgan fingerprint density at radius 2 is 2.07 bits per heavy atom. The molecule has 0 amide bonds. The summed E-state index contributed by atoms with van der Waals surface area (Å²) in [5.74, 6) is 0.701. The molecule has 0 unspecified atom stereocenters. The van der Waals surface area contributed by atoms with Gasteiger partial charge in [-0.1, -0.05) is 12.1 Å². The minimum absolute atomic E-state index is 0.243. The molecule has 1 aliphatic heterocycles. The first-order chi connectivity index (χ1) is 14.2. The minimum atomic E-state index is -0.468. The van der Waals surface area contributed by atoms with Crippen molar-refractivity contribution in [2.75, 3.05) is 31.7 Å². The lowest BCUT2D eigenvalue weighted by Crippen LogP contribution is -2.25. The first kappa shape index (κ1) is 18.9. The molecule has 1 saturated heterocycles. The summed E-state index contributed by atoms with van der Waals surface area (Å²) in [6, 6.07) is 7.37. The average Bonchev–Trinajstić information content (AvgIpc) is 3.42. The topological polar surface area (TPSA) is 86.0 Å². The summed E-state index contributed by atoms with van der Waals surface area (Å²) in [6.07, 6.45) is 4.22. The lowest BCUT2D eigenvalue weighted by Gasteiger charge is -2.22. The number of aldehydes is 1. The summed E-state index contributed by atoms with van der Waals surface area (Å²) >= 11 is 0. The molecule has 4 rings (SSSR count). The fraction of sp³-hybridized carbons (Fsp3) is 0.333. The van der Waals surface area contributed by atoms with Gasteiger partial charge in [0.05, 0.1) is 31.2 Å². The van der Waals surface area contributed by atoms with Gasteiger partial charge in [0, 0.05) is 18.7 Å². The molecule has 0 bridgehead atoms. The van der Waals surface area contributed by atoms with Crippen LogP contribution >= 0.6 is 0 Å². The van der Waals surface area contributed by atoms with Gasteiger partial charge >= 0.3 is 5.97 Å². The number of nitrogens with zero attached hydrogens (tertiary/aromatic N) is 4. The Morgan fingerprint density at radius 3 is 2.76 bits per heavy atom. The van der Waals surface area contributed by atoms with Crippen LogP contribution in [0, 0.1) is 0 Å². The Balaban J connectivity index is 2.08. The molecule has 8 heteroatoms. The maximum absolute atomic E-state index is 13.1. The maximum Gasteiger partial charge on any atom is 0.344 e. The van der Waals surface area contributed by atoms with E-state index in [1.54, 1.807) is 14.0 Å². The second kappa shape index (κ2) is 7.90. The van der Waals surface area contributed by atoms with Gasteiger partial charge in [0.15, 0.2) is 11.9 Å². The Morgan fingerprint density at radius 1 is 1.28 bits per heavy atom. The van der Waals surface area contributed by atoms with E-state index in [2.05, 4.69) is 15.0 Å². The summed E-state index contributed by atoms with van der Waals surface area (Å²) in [5, 5.41) is 4.35. The number of hydrogen-bond acceptors (Lipinski definition) is 7. The van der Waals surface area contributed by atoms with Crippen molar-refractivity contribution >= 4 is 23.7 Å². The molecule has 3 aromatic rings. The molecule has 1 aliphatic rings. The Bertz CT molecular complexity index is 1070. The molecule has 150 valence electrons. The third kappa shape index (κ3) is 3.30. The second-order valence-corrected chi connectivity index (χ2v) is 6.76. The summed E-state index contributed by atoms with van der Waals surface area (Å²) < 4.78 is 12.3. The highest BCUT2D eigenvalue weighted by Crippen LogP contribution is 2.35.